The van der Waals surface area contributed by atoms with Gasteiger partial charge in [-0.2, -0.15) is 5.26 Å². The maximum Gasteiger partial charge on any atom is 0.314 e. The van der Waals surface area contributed by atoms with Crippen LogP contribution in [-0.4, -0.2) is 42.6 Å². The van der Waals surface area contributed by atoms with Gasteiger partial charge >= 0.3 is 5.97 Å². The van der Waals surface area contributed by atoms with Crippen LogP contribution in [0, 0.1) is 16.7 Å². The molecular weight excluding hydrogens is 302 g/mol. The molecule has 1 unspecified atom stereocenters. The van der Waals surface area contributed by atoms with Crippen LogP contribution in [0.3, 0.4) is 0 Å². The van der Waals surface area contributed by atoms with Crippen molar-refractivity contribution in [3.05, 3.63) is 35.5 Å². The van der Waals surface area contributed by atoms with Gasteiger partial charge in [0.05, 0.1) is 25.0 Å². The van der Waals surface area contributed by atoms with Crippen LogP contribution in [-0.2, 0) is 16.0 Å². The van der Waals surface area contributed by atoms with Crippen LogP contribution in [0.1, 0.15) is 29.9 Å². The van der Waals surface area contributed by atoms with Gasteiger partial charge in [0.1, 0.15) is 0 Å². The first kappa shape index (κ1) is 15.2. The second-order valence-corrected chi connectivity index (χ2v) is 7.19. The third-order valence-electron chi connectivity index (χ3n) is 5.88. The van der Waals surface area contributed by atoms with Gasteiger partial charge in [-0.3, -0.25) is 4.79 Å². The SMILES string of the molecule is COC(=O)[C@@]1(CC#N)CC2c3cccc4[nH]cc(c34)C[C@H]2N(C)C1. The molecule has 3 atom stereocenters. The van der Waals surface area contributed by atoms with Crippen molar-refractivity contribution in [2.45, 2.75) is 31.2 Å². The number of nitrogens with zero attached hydrogens (tertiary/aromatic N) is 2. The average Bonchev–Trinajstić information content (AvgIpc) is 3.00. The molecule has 2 aliphatic rings. The molecular formula is C19H21N3O2. The third kappa shape index (κ3) is 1.99. The Bertz CT molecular complexity index is 850. The number of hydrogen-bond acceptors (Lipinski definition) is 4. The normalized spacial score (nSPS) is 29.0. The van der Waals surface area contributed by atoms with Gasteiger partial charge in [-0.25, -0.2) is 0 Å². The number of likely N-dealkylation sites (N-methyl/N-ethyl adjacent to an activating group) is 1. The predicted molar refractivity (Wildman–Crippen MR) is 90.5 cm³/mol. The van der Waals surface area contributed by atoms with Crippen LogP contribution in [0.25, 0.3) is 10.9 Å². The number of fused-ring (bicyclic) bond motifs is 2. The fourth-order valence-electron chi connectivity index (χ4n) is 4.84. The minimum absolute atomic E-state index is 0.198. The number of H-pyrrole nitrogens is 1. The molecule has 0 bridgehead atoms. The molecule has 1 aromatic heterocycles. The number of esters is 1. The monoisotopic (exact) mass is 323 g/mol. The standard InChI is InChI=1S/C19H21N3O2/c1-22-11-19(6-7-20,18(23)24-2)9-14-13-4-3-5-15-17(13)12(10-21-15)8-16(14)22/h3-5,10,14,16,21H,6,8-9,11H2,1-2H3/t14?,16-,19+/m1/s1. The second kappa shape index (κ2) is 5.35. The molecule has 1 N–H and O–H groups in total. The van der Waals surface area contributed by atoms with Gasteiger partial charge in [-0.05, 0) is 37.1 Å². The number of methoxy groups -OCH3 is 1. The fourth-order valence-corrected chi connectivity index (χ4v) is 4.84. The van der Waals surface area contributed by atoms with E-state index in [0.717, 1.165) is 11.9 Å². The number of rotatable bonds is 2. The van der Waals surface area contributed by atoms with Crippen molar-refractivity contribution in [2.24, 2.45) is 5.41 Å². The van der Waals surface area contributed by atoms with E-state index < -0.39 is 5.41 Å². The minimum atomic E-state index is -0.741. The molecule has 1 aliphatic heterocycles. The summed E-state index contributed by atoms with van der Waals surface area (Å²) in [6, 6.07) is 8.91. The lowest BCUT2D eigenvalue weighted by Crippen LogP contribution is -2.55. The van der Waals surface area contributed by atoms with Crippen LogP contribution in [0.5, 0.6) is 0 Å². The summed E-state index contributed by atoms with van der Waals surface area (Å²) in [6.07, 6.45) is 3.95. The van der Waals surface area contributed by atoms with E-state index in [4.69, 9.17) is 4.74 Å². The number of nitrogens with one attached hydrogen (secondary N) is 1. The van der Waals surface area contributed by atoms with Crippen molar-refractivity contribution in [2.75, 3.05) is 20.7 Å². The van der Waals surface area contributed by atoms with E-state index in [0.29, 0.717) is 19.0 Å². The molecule has 24 heavy (non-hydrogen) atoms. The Kier molecular flexibility index (Phi) is 3.40. The number of piperidine rings is 1. The molecule has 0 spiro atoms. The second-order valence-electron chi connectivity index (χ2n) is 7.19. The highest BCUT2D eigenvalue weighted by atomic mass is 16.5. The van der Waals surface area contributed by atoms with Gasteiger partial charge in [0.15, 0.2) is 0 Å². The summed E-state index contributed by atoms with van der Waals surface area (Å²) in [4.78, 5) is 18.1. The summed E-state index contributed by atoms with van der Waals surface area (Å²) < 4.78 is 5.08. The number of ether oxygens (including phenoxy) is 1. The Balaban J connectivity index is 1.84. The van der Waals surface area contributed by atoms with Gasteiger partial charge in [0.2, 0.25) is 0 Å². The quantitative estimate of drug-likeness (QED) is 0.863. The topological polar surface area (TPSA) is 69.1 Å². The molecule has 1 aliphatic carbocycles. The molecule has 0 saturated carbocycles. The van der Waals surface area contributed by atoms with Crippen LogP contribution in [0.2, 0.25) is 0 Å². The molecule has 1 saturated heterocycles. The first-order valence-electron chi connectivity index (χ1n) is 8.34. The van der Waals surface area contributed by atoms with Crippen molar-refractivity contribution in [1.82, 2.24) is 9.88 Å². The number of likely N-dealkylation sites (tertiary alicyclic amines) is 1. The zero-order chi connectivity index (χ0) is 16.9. The molecule has 0 radical (unpaired) electrons. The number of aromatic amines is 1. The first-order chi connectivity index (χ1) is 11.6. The number of carbonyl (C=O) groups is 1. The molecule has 1 aromatic carbocycles. The molecule has 2 heterocycles. The summed E-state index contributed by atoms with van der Waals surface area (Å²) >= 11 is 0. The van der Waals surface area contributed by atoms with Crippen LogP contribution in [0.4, 0.5) is 0 Å². The van der Waals surface area contributed by atoms with E-state index in [9.17, 15) is 10.1 Å². The Labute approximate surface area is 141 Å². The lowest BCUT2D eigenvalue weighted by atomic mass is 9.65. The van der Waals surface area contributed by atoms with Crippen molar-refractivity contribution >= 4 is 16.9 Å². The largest absolute Gasteiger partial charge is 0.469 e. The van der Waals surface area contributed by atoms with E-state index in [1.807, 2.05) is 0 Å². The first-order valence-corrected chi connectivity index (χ1v) is 8.34. The minimum Gasteiger partial charge on any atom is -0.469 e. The predicted octanol–water partition coefficient (Wildman–Crippen LogP) is 2.58. The highest BCUT2D eigenvalue weighted by Gasteiger charge is 2.51. The van der Waals surface area contributed by atoms with Crippen molar-refractivity contribution in [1.29, 1.82) is 5.26 Å². The average molecular weight is 323 g/mol. The van der Waals surface area contributed by atoms with E-state index in [1.165, 1.54) is 23.6 Å². The molecule has 124 valence electrons. The van der Waals surface area contributed by atoms with Crippen molar-refractivity contribution in [3.8, 4) is 6.07 Å². The number of carbonyl (C=O) groups excluding carboxylic acids is 1. The molecule has 0 amide bonds. The molecule has 5 heteroatoms. The van der Waals surface area contributed by atoms with Gasteiger partial charge < -0.3 is 14.6 Å². The maximum absolute atomic E-state index is 12.5. The van der Waals surface area contributed by atoms with E-state index in [2.05, 4.69) is 47.4 Å². The summed E-state index contributed by atoms with van der Waals surface area (Å²) in [5.41, 5.74) is 3.05. The molecule has 4 rings (SSSR count). The van der Waals surface area contributed by atoms with Gasteiger partial charge in [0, 0.05) is 35.6 Å². The van der Waals surface area contributed by atoms with Crippen molar-refractivity contribution < 1.29 is 9.53 Å². The van der Waals surface area contributed by atoms with E-state index >= 15 is 0 Å². The zero-order valence-electron chi connectivity index (χ0n) is 14.0. The smallest absolute Gasteiger partial charge is 0.314 e. The lowest BCUT2D eigenvalue weighted by molar-refractivity contribution is -0.157. The summed E-state index contributed by atoms with van der Waals surface area (Å²) in [5, 5.41) is 10.6. The highest BCUT2D eigenvalue weighted by Crippen LogP contribution is 2.49. The summed E-state index contributed by atoms with van der Waals surface area (Å²) in [6.45, 7) is 0.574. The van der Waals surface area contributed by atoms with Crippen LogP contribution >= 0.6 is 0 Å². The number of benzene rings is 1. The van der Waals surface area contributed by atoms with Crippen LogP contribution in [0.15, 0.2) is 24.4 Å². The molecule has 1 fully saturated rings. The maximum atomic E-state index is 12.5. The van der Waals surface area contributed by atoms with Gasteiger partial charge in [-0.1, -0.05) is 12.1 Å². The fraction of sp³-hybridized carbons (Fsp3) is 0.474. The number of aromatic nitrogens is 1. The Hall–Kier alpha value is -2.32. The molecule has 2 aromatic rings. The summed E-state index contributed by atoms with van der Waals surface area (Å²) in [5.74, 6) is -0.0235. The Morgan fingerprint density at radius 1 is 1.54 bits per heavy atom. The highest BCUT2D eigenvalue weighted by molar-refractivity contribution is 5.88. The van der Waals surface area contributed by atoms with E-state index in [-0.39, 0.29) is 18.3 Å². The molecule has 5 nitrogen and oxygen atoms in total. The Morgan fingerprint density at radius 3 is 3.12 bits per heavy atom. The van der Waals surface area contributed by atoms with Gasteiger partial charge in [0.25, 0.3) is 0 Å². The van der Waals surface area contributed by atoms with Crippen molar-refractivity contribution in [3.63, 3.8) is 0 Å². The Morgan fingerprint density at radius 2 is 2.38 bits per heavy atom. The van der Waals surface area contributed by atoms with E-state index in [1.54, 1.807) is 0 Å². The number of nitriles is 1. The summed E-state index contributed by atoms with van der Waals surface area (Å²) in [7, 11) is 3.48. The lowest BCUT2D eigenvalue weighted by Gasteiger charge is -2.49. The zero-order valence-corrected chi connectivity index (χ0v) is 14.0. The number of hydrogen-bond donors (Lipinski definition) is 1. The third-order valence-corrected chi connectivity index (χ3v) is 5.88. The van der Waals surface area contributed by atoms with Crippen LogP contribution < -0.4 is 0 Å². The van der Waals surface area contributed by atoms with Gasteiger partial charge in [-0.15, -0.1) is 0 Å².